The van der Waals surface area contributed by atoms with Crippen LogP contribution < -0.4 is 5.32 Å². The van der Waals surface area contributed by atoms with Gasteiger partial charge >= 0.3 is 0 Å². The first-order chi connectivity index (χ1) is 8.58. The van der Waals surface area contributed by atoms with E-state index in [4.69, 9.17) is 4.42 Å². The number of hydrogen-bond donors (Lipinski definition) is 1. The highest BCUT2D eigenvalue weighted by Gasteiger charge is 2.09. The first-order valence-electron chi connectivity index (χ1n) is 6.13. The maximum absolute atomic E-state index is 5.62. The number of halogens is 2. The van der Waals surface area contributed by atoms with Gasteiger partial charge in [0, 0.05) is 9.86 Å². The third kappa shape index (κ3) is 3.37. The summed E-state index contributed by atoms with van der Waals surface area (Å²) in [5.74, 6) is 0.689. The summed E-state index contributed by atoms with van der Waals surface area (Å²) in [6, 6.07) is 4.12. The van der Waals surface area contributed by atoms with Gasteiger partial charge in [-0.3, -0.25) is 0 Å². The van der Waals surface area contributed by atoms with Gasteiger partial charge in [0.2, 0.25) is 0 Å². The van der Waals surface area contributed by atoms with E-state index in [1.54, 1.807) is 0 Å². The van der Waals surface area contributed by atoms with Crippen molar-refractivity contribution in [2.45, 2.75) is 20.3 Å². The molecule has 2 rings (SSSR count). The van der Waals surface area contributed by atoms with Crippen molar-refractivity contribution in [1.29, 1.82) is 0 Å². The second kappa shape index (κ2) is 6.22. The molecular formula is C14H17Br2NO. The maximum atomic E-state index is 5.62. The quantitative estimate of drug-likeness (QED) is 0.764. The lowest BCUT2D eigenvalue weighted by Gasteiger charge is -2.06. The lowest BCUT2D eigenvalue weighted by molar-refractivity contribution is 0.552. The van der Waals surface area contributed by atoms with Crippen LogP contribution in [0.4, 0.5) is 0 Å². The molecular weight excluding hydrogens is 358 g/mol. The number of hydrogen-bond acceptors (Lipinski definition) is 2. The van der Waals surface area contributed by atoms with Crippen molar-refractivity contribution in [2.75, 3.05) is 13.1 Å². The van der Waals surface area contributed by atoms with Gasteiger partial charge in [-0.2, -0.15) is 0 Å². The molecule has 0 aliphatic heterocycles. The van der Waals surface area contributed by atoms with Crippen LogP contribution in [-0.2, 0) is 6.42 Å². The smallest absolute Gasteiger partial charge is 0.148 e. The van der Waals surface area contributed by atoms with Gasteiger partial charge in [-0.15, -0.1) is 0 Å². The van der Waals surface area contributed by atoms with Crippen molar-refractivity contribution in [3.8, 4) is 0 Å². The molecule has 2 aromatic rings. The molecule has 0 saturated heterocycles. The summed E-state index contributed by atoms with van der Waals surface area (Å²) in [5.41, 5.74) is 2.18. The SMILES string of the molecule is CC(C)CNCCc1coc2c(Br)cc(Br)cc12. The van der Waals surface area contributed by atoms with Crippen LogP contribution in [0.5, 0.6) is 0 Å². The van der Waals surface area contributed by atoms with Gasteiger partial charge in [0.1, 0.15) is 5.58 Å². The summed E-state index contributed by atoms with van der Waals surface area (Å²) >= 11 is 7.04. The Morgan fingerprint density at radius 2 is 2.06 bits per heavy atom. The predicted molar refractivity (Wildman–Crippen MR) is 83.0 cm³/mol. The standard InChI is InChI=1S/C14H17Br2NO/c1-9(2)7-17-4-3-10-8-18-14-12(10)5-11(15)6-13(14)16/h5-6,8-9,17H,3-4,7H2,1-2H3. The molecule has 0 bridgehead atoms. The molecule has 18 heavy (non-hydrogen) atoms. The Bertz CT molecular complexity index is 534. The van der Waals surface area contributed by atoms with Gasteiger partial charge < -0.3 is 9.73 Å². The van der Waals surface area contributed by atoms with Crippen molar-refractivity contribution < 1.29 is 4.42 Å². The molecule has 1 aromatic heterocycles. The third-order valence-electron chi connectivity index (χ3n) is 2.80. The Balaban J connectivity index is 2.09. The van der Waals surface area contributed by atoms with E-state index in [2.05, 4.69) is 57.1 Å². The zero-order valence-electron chi connectivity index (χ0n) is 10.6. The fourth-order valence-corrected chi connectivity index (χ4v) is 3.24. The Morgan fingerprint density at radius 1 is 1.28 bits per heavy atom. The second-order valence-corrected chi connectivity index (χ2v) is 6.64. The second-order valence-electron chi connectivity index (χ2n) is 4.87. The minimum absolute atomic E-state index is 0.689. The van der Waals surface area contributed by atoms with Gasteiger partial charge in [0.15, 0.2) is 0 Å². The van der Waals surface area contributed by atoms with Crippen molar-refractivity contribution in [2.24, 2.45) is 5.92 Å². The molecule has 0 fully saturated rings. The number of nitrogens with one attached hydrogen (secondary N) is 1. The highest BCUT2D eigenvalue weighted by Crippen LogP contribution is 2.32. The fraction of sp³-hybridized carbons (Fsp3) is 0.429. The minimum atomic E-state index is 0.689. The van der Waals surface area contributed by atoms with E-state index in [-0.39, 0.29) is 0 Å². The largest absolute Gasteiger partial charge is 0.463 e. The van der Waals surface area contributed by atoms with Crippen LogP contribution in [0.25, 0.3) is 11.0 Å². The van der Waals surface area contributed by atoms with Crippen LogP contribution in [0.2, 0.25) is 0 Å². The van der Waals surface area contributed by atoms with Crippen molar-refractivity contribution in [1.82, 2.24) is 5.32 Å². The van der Waals surface area contributed by atoms with E-state index in [1.807, 2.05) is 12.3 Å². The van der Waals surface area contributed by atoms with Gasteiger partial charge in [-0.05, 0) is 59.1 Å². The van der Waals surface area contributed by atoms with Crippen LogP contribution in [0.3, 0.4) is 0 Å². The fourth-order valence-electron chi connectivity index (χ4n) is 1.92. The van der Waals surface area contributed by atoms with Crippen molar-refractivity contribution in [3.63, 3.8) is 0 Å². The molecule has 0 amide bonds. The lowest BCUT2D eigenvalue weighted by Crippen LogP contribution is -2.21. The number of rotatable bonds is 5. The number of benzene rings is 1. The molecule has 0 aliphatic rings. The van der Waals surface area contributed by atoms with Crippen LogP contribution in [-0.4, -0.2) is 13.1 Å². The van der Waals surface area contributed by atoms with Gasteiger partial charge in [0.25, 0.3) is 0 Å². The predicted octanol–water partition coefficient (Wildman–Crippen LogP) is 4.75. The van der Waals surface area contributed by atoms with E-state index in [0.717, 1.165) is 34.0 Å². The number of furan rings is 1. The van der Waals surface area contributed by atoms with Crippen molar-refractivity contribution in [3.05, 3.63) is 32.9 Å². The van der Waals surface area contributed by atoms with E-state index in [1.165, 1.54) is 10.9 Å². The molecule has 0 spiro atoms. The van der Waals surface area contributed by atoms with Gasteiger partial charge in [-0.1, -0.05) is 29.8 Å². The van der Waals surface area contributed by atoms with Crippen LogP contribution >= 0.6 is 31.9 Å². The monoisotopic (exact) mass is 373 g/mol. The molecule has 0 radical (unpaired) electrons. The normalized spacial score (nSPS) is 11.6. The third-order valence-corrected chi connectivity index (χ3v) is 3.84. The topological polar surface area (TPSA) is 25.2 Å². The summed E-state index contributed by atoms with van der Waals surface area (Å²) in [4.78, 5) is 0. The Kier molecular flexibility index (Phi) is 4.87. The summed E-state index contributed by atoms with van der Waals surface area (Å²) in [6.45, 7) is 6.48. The van der Waals surface area contributed by atoms with E-state index in [9.17, 15) is 0 Å². The molecule has 1 heterocycles. The zero-order valence-corrected chi connectivity index (χ0v) is 13.8. The van der Waals surface area contributed by atoms with E-state index in [0.29, 0.717) is 5.92 Å². The number of fused-ring (bicyclic) bond motifs is 1. The molecule has 0 saturated carbocycles. The van der Waals surface area contributed by atoms with Gasteiger partial charge in [-0.25, -0.2) is 0 Å². The summed E-state index contributed by atoms with van der Waals surface area (Å²) in [6.07, 6.45) is 2.85. The highest BCUT2D eigenvalue weighted by molar-refractivity contribution is 9.11. The Labute approximate surface area is 124 Å². The Morgan fingerprint density at radius 3 is 2.78 bits per heavy atom. The molecule has 4 heteroatoms. The van der Waals surface area contributed by atoms with Crippen LogP contribution in [0.1, 0.15) is 19.4 Å². The Hall–Kier alpha value is -0.320. The summed E-state index contributed by atoms with van der Waals surface area (Å²) in [7, 11) is 0. The summed E-state index contributed by atoms with van der Waals surface area (Å²) < 4.78 is 7.68. The maximum Gasteiger partial charge on any atom is 0.148 e. The first kappa shape index (κ1) is 14.1. The zero-order chi connectivity index (χ0) is 13.1. The average Bonchev–Trinajstić information content (AvgIpc) is 2.67. The molecule has 1 N–H and O–H groups in total. The van der Waals surface area contributed by atoms with Gasteiger partial charge in [0.05, 0.1) is 10.7 Å². The van der Waals surface area contributed by atoms with E-state index < -0.39 is 0 Å². The minimum Gasteiger partial charge on any atom is -0.463 e. The molecule has 98 valence electrons. The molecule has 0 unspecified atom stereocenters. The first-order valence-corrected chi connectivity index (χ1v) is 7.72. The summed E-state index contributed by atoms with van der Waals surface area (Å²) in [5, 5.41) is 4.63. The molecule has 0 aliphatic carbocycles. The lowest BCUT2D eigenvalue weighted by atomic mass is 10.1. The van der Waals surface area contributed by atoms with E-state index >= 15 is 0 Å². The van der Waals surface area contributed by atoms with Crippen LogP contribution in [0.15, 0.2) is 31.8 Å². The average molecular weight is 375 g/mol. The van der Waals surface area contributed by atoms with Crippen LogP contribution in [0, 0.1) is 5.92 Å². The van der Waals surface area contributed by atoms with Crippen molar-refractivity contribution >= 4 is 42.8 Å². The molecule has 2 nitrogen and oxygen atoms in total. The molecule has 1 aromatic carbocycles. The molecule has 0 atom stereocenters. The highest BCUT2D eigenvalue weighted by atomic mass is 79.9.